The fourth-order valence-corrected chi connectivity index (χ4v) is 3.02. The minimum absolute atomic E-state index is 0.276. The molecule has 7 nitrogen and oxygen atoms in total. The maximum absolute atomic E-state index is 12.0. The Labute approximate surface area is 152 Å². The number of thiophene rings is 1. The first kappa shape index (κ1) is 18.8. The Morgan fingerprint density at radius 3 is 2.72 bits per heavy atom. The van der Waals surface area contributed by atoms with Crippen molar-refractivity contribution in [2.45, 2.75) is 0 Å². The largest absolute Gasteiger partial charge is 0.465 e. The van der Waals surface area contributed by atoms with E-state index in [1.54, 1.807) is 29.6 Å². The van der Waals surface area contributed by atoms with E-state index in [4.69, 9.17) is 4.74 Å². The van der Waals surface area contributed by atoms with Gasteiger partial charge < -0.3 is 19.5 Å². The highest BCUT2D eigenvalue weighted by atomic mass is 32.2. The first-order valence-electron chi connectivity index (χ1n) is 7.07. The number of hydrogen-bond donors (Lipinski definition) is 2. The van der Waals surface area contributed by atoms with Crippen molar-refractivity contribution in [2.75, 3.05) is 30.0 Å². The van der Waals surface area contributed by atoms with Crippen molar-refractivity contribution in [3.63, 3.8) is 0 Å². The second-order valence-corrected chi connectivity index (χ2v) is 6.19. The summed E-state index contributed by atoms with van der Waals surface area (Å²) in [7, 11) is 1.26. The summed E-state index contributed by atoms with van der Waals surface area (Å²) in [4.78, 5) is 35.8. The number of rotatable bonds is 7. The smallest absolute Gasteiger partial charge is 0.350 e. The third kappa shape index (κ3) is 5.23. The van der Waals surface area contributed by atoms with Crippen LogP contribution in [0.3, 0.4) is 0 Å². The summed E-state index contributed by atoms with van der Waals surface area (Å²) in [6.45, 7) is -0.463. The van der Waals surface area contributed by atoms with Crippen molar-refractivity contribution in [3.05, 3.63) is 46.2 Å². The second-order valence-electron chi connectivity index (χ2n) is 4.67. The lowest BCUT2D eigenvalue weighted by molar-refractivity contribution is -0.119. The number of hydrogen-bond acceptors (Lipinski definition) is 8. The van der Waals surface area contributed by atoms with Gasteiger partial charge in [-0.1, -0.05) is 18.0 Å². The summed E-state index contributed by atoms with van der Waals surface area (Å²) in [5, 5.41) is 4.17. The Balaban J connectivity index is 1.92. The van der Waals surface area contributed by atoms with Gasteiger partial charge in [0.15, 0.2) is 6.61 Å². The predicted octanol–water partition coefficient (Wildman–Crippen LogP) is 3.02. The van der Waals surface area contributed by atoms with Gasteiger partial charge in [0.05, 0.1) is 18.4 Å². The molecule has 0 aliphatic rings. The molecule has 0 unspecified atom stereocenters. The second kappa shape index (κ2) is 9.09. The molecule has 0 saturated carbocycles. The molecule has 0 aliphatic heterocycles. The van der Waals surface area contributed by atoms with E-state index in [1.807, 2.05) is 12.3 Å². The Bertz CT molecular complexity index is 775. The quantitative estimate of drug-likeness (QED) is 0.563. The van der Waals surface area contributed by atoms with Crippen LogP contribution in [0.5, 0.6) is 0 Å². The minimum atomic E-state index is -0.613. The highest BCUT2D eigenvalue weighted by Crippen LogP contribution is 2.23. The topological polar surface area (TPSA) is 93.7 Å². The molecule has 0 spiro atoms. The summed E-state index contributed by atoms with van der Waals surface area (Å²) in [6.07, 6.45) is 1.86. The van der Waals surface area contributed by atoms with E-state index in [0.717, 1.165) is 17.0 Å². The van der Waals surface area contributed by atoms with Gasteiger partial charge in [0, 0.05) is 11.9 Å². The van der Waals surface area contributed by atoms with Crippen molar-refractivity contribution in [1.29, 1.82) is 0 Å². The SMILES string of the molecule is COC(=O)c1sccc1NC(=O)COC(=O)c1cccc(NSC)c1. The van der Waals surface area contributed by atoms with Crippen LogP contribution in [0.15, 0.2) is 35.7 Å². The minimum Gasteiger partial charge on any atom is -0.465 e. The van der Waals surface area contributed by atoms with Gasteiger partial charge in [0.1, 0.15) is 4.88 Å². The molecule has 132 valence electrons. The fourth-order valence-electron chi connectivity index (χ4n) is 1.89. The average molecular weight is 380 g/mol. The zero-order valence-electron chi connectivity index (χ0n) is 13.5. The number of carbonyl (C=O) groups is 3. The molecule has 1 heterocycles. The van der Waals surface area contributed by atoms with E-state index in [0.29, 0.717) is 11.3 Å². The molecule has 0 atom stereocenters. The van der Waals surface area contributed by atoms with Gasteiger partial charge >= 0.3 is 11.9 Å². The van der Waals surface area contributed by atoms with Crippen LogP contribution in [0.25, 0.3) is 0 Å². The van der Waals surface area contributed by atoms with Crippen LogP contribution in [-0.4, -0.2) is 37.8 Å². The first-order valence-corrected chi connectivity index (χ1v) is 9.17. The van der Waals surface area contributed by atoms with Gasteiger partial charge in [-0.15, -0.1) is 11.3 Å². The lowest BCUT2D eigenvalue weighted by atomic mass is 10.2. The van der Waals surface area contributed by atoms with E-state index >= 15 is 0 Å². The van der Waals surface area contributed by atoms with E-state index in [-0.39, 0.29) is 4.88 Å². The number of anilines is 2. The number of ether oxygens (including phenoxy) is 2. The summed E-state index contributed by atoms with van der Waals surface area (Å²) in [5.74, 6) is -1.70. The molecule has 9 heteroatoms. The lowest BCUT2D eigenvalue weighted by Gasteiger charge is -2.08. The van der Waals surface area contributed by atoms with Crippen LogP contribution in [0.1, 0.15) is 20.0 Å². The van der Waals surface area contributed by atoms with Gasteiger partial charge in [-0.3, -0.25) is 4.79 Å². The van der Waals surface area contributed by atoms with Gasteiger partial charge in [-0.2, -0.15) is 0 Å². The highest BCUT2D eigenvalue weighted by molar-refractivity contribution is 7.99. The number of amides is 1. The molecular formula is C16H16N2O5S2. The normalized spacial score (nSPS) is 10.0. The van der Waals surface area contributed by atoms with Gasteiger partial charge in [0.25, 0.3) is 5.91 Å². The van der Waals surface area contributed by atoms with Crippen LogP contribution in [-0.2, 0) is 14.3 Å². The fraction of sp³-hybridized carbons (Fsp3) is 0.188. The number of carbonyl (C=O) groups excluding carboxylic acids is 3. The Morgan fingerprint density at radius 1 is 1.20 bits per heavy atom. The lowest BCUT2D eigenvalue weighted by Crippen LogP contribution is -2.21. The van der Waals surface area contributed by atoms with Crippen LogP contribution >= 0.6 is 23.3 Å². The van der Waals surface area contributed by atoms with E-state index in [2.05, 4.69) is 14.8 Å². The Hall–Kier alpha value is -2.52. The molecule has 0 saturated heterocycles. The van der Waals surface area contributed by atoms with E-state index < -0.39 is 24.5 Å². The van der Waals surface area contributed by atoms with Crippen molar-refractivity contribution in [1.82, 2.24) is 0 Å². The molecule has 0 radical (unpaired) electrons. The number of benzene rings is 1. The van der Waals surface area contributed by atoms with Crippen LogP contribution < -0.4 is 10.0 Å². The van der Waals surface area contributed by atoms with Crippen LogP contribution in [0.4, 0.5) is 11.4 Å². The summed E-state index contributed by atoms with van der Waals surface area (Å²) in [5.41, 5.74) is 1.41. The molecule has 25 heavy (non-hydrogen) atoms. The monoisotopic (exact) mass is 380 g/mol. The third-order valence-electron chi connectivity index (χ3n) is 2.96. The van der Waals surface area contributed by atoms with Crippen molar-refractivity contribution in [2.24, 2.45) is 0 Å². The third-order valence-corrected chi connectivity index (χ3v) is 4.30. The van der Waals surface area contributed by atoms with Gasteiger partial charge in [-0.25, -0.2) is 9.59 Å². The van der Waals surface area contributed by atoms with Crippen molar-refractivity contribution in [3.8, 4) is 0 Å². The Morgan fingerprint density at radius 2 is 2.00 bits per heavy atom. The molecule has 2 rings (SSSR count). The number of methoxy groups -OCH3 is 1. The molecule has 1 aromatic carbocycles. The summed E-state index contributed by atoms with van der Waals surface area (Å²) >= 11 is 2.54. The standard InChI is InChI=1S/C16H16N2O5S2/c1-22-16(21)14-12(6-7-25-14)17-13(19)9-23-15(20)10-4-3-5-11(8-10)18-24-2/h3-8,18H,9H2,1-2H3,(H,17,19). The molecule has 0 fully saturated rings. The van der Waals surface area contributed by atoms with Gasteiger partial charge in [-0.05, 0) is 29.6 Å². The van der Waals surface area contributed by atoms with Crippen LogP contribution in [0.2, 0.25) is 0 Å². The summed E-state index contributed by atoms with van der Waals surface area (Å²) in [6, 6.07) is 8.33. The molecular weight excluding hydrogens is 364 g/mol. The average Bonchev–Trinajstić information content (AvgIpc) is 3.07. The molecule has 1 amide bonds. The Kier molecular flexibility index (Phi) is 6.84. The van der Waals surface area contributed by atoms with E-state index in [9.17, 15) is 14.4 Å². The first-order chi connectivity index (χ1) is 12.0. The van der Waals surface area contributed by atoms with Crippen LogP contribution in [0, 0.1) is 0 Å². The number of esters is 2. The van der Waals surface area contributed by atoms with E-state index in [1.165, 1.54) is 19.1 Å². The molecule has 0 bridgehead atoms. The summed E-state index contributed by atoms with van der Waals surface area (Å²) < 4.78 is 12.6. The zero-order valence-corrected chi connectivity index (χ0v) is 15.2. The van der Waals surface area contributed by atoms with Crippen molar-refractivity contribution >= 4 is 52.5 Å². The number of nitrogens with one attached hydrogen (secondary N) is 2. The molecule has 1 aromatic heterocycles. The maximum atomic E-state index is 12.0. The van der Waals surface area contributed by atoms with Crippen molar-refractivity contribution < 1.29 is 23.9 Å². The van der Waals surface area contributed by atoms with Gasteiger partial charge in [0.2, 0.25) is 0 Å². The maximum Gasteiger partial charge on any atom is 0.350 e. The predicted molar refractivity (Wildman–Crippen MR) is 98.2 cm³/mol. The zero-order chi connectivity index (χ0) is 18.2. The molecule has 2 N–H and O–H groups in total. The molecule has 0 aliphatic carbocycles. The molecule has 2 aromatic rings. The highest BCUT2D eigenvalue weighted by Gasteiger charge is 2.17.